The van der Waals surface area contributed by atoms with E-state index in [1.165, 1.54) is 0 Å². The summed E-state index contributed by atoms with van der Waals surface area (Å²) in [6.07, 6.45) is 3.71. The average Bonchev–Trinajstić information content (AvgIpc) is 3.22. The number of hydrogen-bond donors (Lipinski definition) is 3. The van der Waals surface area contributed by atoms with Gasteiger partial charge in [0.15, 0.2) is 0 Å². The number of nitrogens with one attached hydrogen (secondary N) is 2. The number of benzene rings is 1. The van der Waals surface area contributed by atoms with Gasteiger partial charge in [0, 0.05) is 24.2 Å². The summed E-state index contributed by atoms with van der Waals surface area (Å²) in [5.74, 6) is 2.02. The molecule has 2 unspecified atom stereocenters. The Bertz CT molecular complexity index is 810. The number of nitrogens with two attached hydrogens (primary N) is 1. The van der Waals surface area contributed by atoms with E-state index < -0.39 is 0 Å². The van der Waals surface area contributed by atoms with Crippen LogP contribution >= 0.6 is 0 Å². The van der Waals surface area contributed by atoms with Crippen LogP contribution in [0.1, 0.15) is 24.0 Å². The molecule has 2 atom stereocenters. The van der Waals surface area contributed by atoms with Crippen molar-refractivity contribution in [3.63, 3.8) is 0 Å². The van der Waals surface area contributed by atoms with Gasteiger partial charge in [-0.2, -0.15) is 0 Å². The van der Waals surface area contributed by atoms with Crippen LogP contribution in [0, 0.1) is 24.7 Å². The summed E-state index contributed by atoms with van der Waals surface area (Å²) >= 11 is 0. The maximum Gasteiger partial charge on any atom is 0.223 e. The molecule has 4 rings (SSSR count). The third-order valence-corrected chi connectivity index (χ3v) is 5.79. The number of fused-ring (bicyclic) bond motifs is 1. The van der Waals surface area contributed by atoms with Crippen LogP contribution in [0.4, 0.5) is 5.95 Å². The Hall–Kier alpha value is -2.47. The van der Waals surface area contributed by atoms with E-state index >= 15 is 0 Å². The summed E-state index contributed by atoms with van der Waals surface area (Å²) in [5.41, 5.74) is 9.74. The van der Waals surface area contributed by atoms with Crippen molar-refractivity contribution in [1.82, 2.24) is 20.6 Å². The number of aryl methyl sites for hydroxylation is 1. The number of carbonyl (C=O) groups is 1. The molecule has 1 amide bonds. The van der Waals surface area contributed by atoms with Crippen molar-refractivity contribution in [2.24, 2.45) is 17.8 Å². The van der Waals surface area contributed by atoms with E-state index in [4.69, 9.17) is 5.73 Å². The molecule has 1 saturated carbocycles. The van der Waals surface area contributed by atoms with Gasteiger partial charge < -0.3 is 16.4 Å². The molecule has 2 fully saturated rings. The second-order valence-corrected chi connectivity index (χ2v) is 7.51. The molecule has 136 valence electrons. The molecule has 26 heavy (non-hydrogen) atoms. The zero-order valence-corrected chi connectivity index (χ0v) is 15.0. The highest BCUT2D eigenvalue weighted by Crippen LogP contribution is 2.38. The maximum atomic E-state index is 12.5. The molecule has 4 N–H and O–H groups in total. The summed E-state index contributed by atoms with van der Waals surface area (Å²) in [7, 11) is 0. The molecule has 1 aromatic carbocycles. The van der Waals surface area contributed by atoms with Crippen molar-refractivity contribution < 1.29 is 4.79 Å². The number of nitrogen functional groups attached to an aromatic ring is 1. The highest BCUT2D eigenvalue weighted by atomic mass is 16.1. The number of rotatable bonds is 4. The summed E-state index contributed by atoms with van der Waals surface area (Å²) in [5, 5.41) is 6.56. The molecule has 1 aromatic heterocycles. The van der Waals surface area contributed by atoms with Crippen molar-refractivity contribution >= 4 is 11.9 Å². The normalized spacial score (nSPS) is 24.4. The summed E-state index contributed by atoms with van der Waals surface area (Å²) in [6.45, 7) is 4.77. The number of amides is 1. The first kappa shape index (κ1) is 17.0. The molecule has 6 nitrogen and oxygen atoms in total. The standard InChI is InChI=1S/C20H25N5O/c1-12-6-13(18-4-5-23-20(21)25-18)2-3-14(12)11-24-19(26)15-7-16-9-22-10-17(16)8-15/h2-6,15-17,22H,7-11H2,1H3,(H,24,26)(H2,21,23,25). The Morgan fingerprint density at radius 3 is 2.73 bits per heavy atom. The Balaban J connectivity index is 1.38. The highest BCUT2D eigenvalue weighted by molar-refractivity contribution is 5.79. The van der Waals surface area contributed by atoms with Gasteiger partial charge in [-0.25, -0.2) is 9.97 Å². The molecule has 2 aromatic rings. The third kappa shape index (κ3) is 3.42. The van der Waals surface area contributed by atoms with E-state index in [1.54, 1.807) is 6.20 Å². The monoisotopic (exact) mass is 351 g/mol. The van der Waals surface area contributed by atoms with Crippen LogP contribution in [-0.2, 0) is 11.3 Å². The molecule has 1 aliphatic carbocycles. The minimum Gasteiger partial charge on any atom is -0.368 e. The van der Waals surface area contributed by atoms with Gasteiger partial charge in [-0.3, -0.25) is 4.79 Å². The fourth-order valence-corrected chi connectivity index (χ4v) is 4.30. The number of nitrogens with zero attached hydrogens (tertiary/aromatic N) is 2. The van der Waals surface area contributed by atoms with Gasteiger partial charge in [0.1, 0.15) is 0 Å². The Morgan fingerprint density at radius 2 is 2.04 bits per heavy atom. The molecular formula is C20H25N5O. The van der Waals surface area contributed by atoms with Gasteiger partial charge >= 0.3 is 0 Å². The Labute approximate surface area is 153 Å². The SMILES string of the molecule is Cc1cc(-c2ccnc(N)n2)ccc1CNC(=O)C1CC2CNCC2C1. The molecule has 0 spiro atoms. The molecule has 6 heteroatoms. The van der Waals surface area contributed by atoms with Crippen molar-refractivity contribution in [3.05, 3.63) is 41.6 Å². The average molecular weight is 351 g/mol. The quantitative estimate of drug-likeness (QED) is 0.782. The van der Waals surface area contributed by atoms with E-state index in [9.17, 15) is 4.79 Å². The minimum atomic E-state index is 0.177. The molecule has 0 bridgehead atoms. The van der Waals surface area contributed by atoms with Gasteiger partial charge in [0.25, 0.3) is 0 Å². The fourth-order valence-electron chi connectivity index (χ4n) is 4.30. The van der Waals surface area contributed by atoms with Crippen LogP contribution in [0.3, 0.4) is 0 Å². The number of anilines is 1. The van der Waals surface area contributed by atoms with Crippen LogP contribution in [0.5, 0.6) is 0 Å². The largest absolute Gasteiger partial charge is 0.368 e. The first-order chi connectivity index (χ1) is 12.6. The highest BCUT2D eigenvalue weighted by Gasteiger charge is 2.40. The molecule has 2 aliphatic rings. The number of aromatic nitrogens is 2. The lowest BCUT2D eigenvalue weighted by Gasteiger charge is -2.14. The predicted octanol–water partition coefficient (Wildman–Crippen LogP) is 1.90. The van der Waals surface area contributed by atoms with Crippen LogP contribution < -0.4 is 16.4 Å². The smallest absolute Gasteiger partial charge is 0.223 e. The topological polar surface area (TPSA) is 92.9 Å². The molecule has 1 aliphatic heterocycles. The lowest BCUT2D eigenvalue weighted by molar-refractivity contribution is -0.125. The molecule has 1 saturated heterocycles. The summed E-state index contributed by atoms with van der Waals surface area (Å²) in [4.78, 5) is 20.7. The van der Waals surface area contributed by atoms with Crippen molar-refractivity contribution in [2.75, 3.05) is 18.8 Å². The van der Waals surface area contributed by atoms with Crippen molar-refractivity contribution in [3.8, 4) is 11.3 Å². The van der Waals surface area contributed by atoms with Gasteiger partial charge in [-0.05, 0) is 68.0 Å². The molecule has 2 heterocycles. The Morgan fingerprint density at radius 1 is 1.27 bits per heavy atom. The Kier molecular flexibility index (Phi) is 4.59. The van der Waals surface area contributed by atoms with Crippen LogP contribution in [0.25, 0.3) is 11.3 Å². The van der Waals surface area contributed by atoms with E-state index in [0.717, 1.165) is 48.3 Å². The van der Waals surface area contributed by atoms with Gasteiger partial charge in [0.05, 0.1) is 5.69 Å². The lowest BCUT2D eigenvalue weighted by atomic mass is 10.0. The number of carbonyl (C=O) groups excluding carboxylic acids is 1. The van der Waals surface area contributed by atoms with Crippen molar-refractivity contribution in [2.45, 2.75) is 26.3 Å². The van der Waals surface area contributed by atoms with E-state index in [-0.39, 0.29) is 17.8 Å². The second-order valence-electron chi connectivity index (χ2n) is 7.51. The van der Waals surface area contributed by atoms with Crippen molar-refractivity contribution in [1.29, 1.82) is 0 Å². The number of hydrogen-bond acceptors (Lipinski definition) is 5. The van der Waals surface area contributed by atoms with E-state index in [0.29, 0.717) is 18.4 Å². The van der Waals surface area contributed by atoms with E-state index in [1.807, 2.05) is 12.1 Å². The minimum absolute atomic E-state index is 0.177. The lowest BCUT2D eigenvalue weighted by Crippen LogP contribution is -2.30. The van der Waals surface area contributed by atoms with Crippen LogP contribution in [-0.4, -0.2) is 29.0 Å². The molecule has 0 radical (unpaired) electrons. The van der Waals surface area contributed by atoms with Gasteiger partial charge in [-0.1, -0.05) is 12.1 Å². The predicted molar refractivity (Wildman–Crippen MR) is 101 cm³/mol. The first-order valence-electron chi connectivity index (χ1n) is 9.27. The third-order valence-electron chi connectivity index (χ3n) is 5.79. The van der Waals surface area contributed by atoms with Gasteiger partial charge in [0.2, 0.25) is 11.9 Å². The van der Waals surface area contributed by atoms with E-state index in [2.05, 4.69) is 39.7 Å². The summed E-state index contributed by atoms with van der Waals surface area (Å²) in [6, 6.07) is 7.99. The van der Waals surface area contributed by atoms with Crippen LogP contribution in [0.2, 0.25) is 0 Å². The fraction of sp³-hybridized carbons (Fsp3) is 0.450. The zero-order valence-electron chi connectivity index (χ0n) is 15.0. The second kappa shape index (κ2) is 7.03. The van der Waals surface area contributed by atoms with Gasteiger partial charge in [-0.15, -0.1) is 0 Å². The zero-order chi connectivity index (χ0) is 18.1. The molecular weight excluding hydrogens is 326 g/mol. The maximum absolute atomic E-state index is 12.5. The van der Waals surface area contributed by atoms with Crippen LogP contribution in [0.15, 0.2) is 30.5 Å². The first-order valence-corrected chi connectivity index (χ1v) is 9.27. The summed E-state index contributed by atoms with van der Waals surface area (Å²) < 4.78 is 0.